The third-order valence-corrected chi connectivity index (χ3v) is 6.10. The molecule has 1 fully saturated rings. The first-order valence-electron chi connectivity index (χ1n) is 11.3. The van der Waals surface area contributed by atoms with Gasteiger partial charge in [0.1, 0.15) is 5.66 Å². The molecule has 2 atom stereocenters. The normalized spacial score (nSPS) is 21.5. The van der Waals surface area contributed by atoms with Crippen LogP contribution in [-0.4, -0.2) is 26.1 Å². The zero-order valence-electron chi connectivity index (χ0n) is 19.7. The van der Waals surface area contributed by atoms with Gasteiger partial charge in [-0.3, -0.25) is 4.79 Å². The Morgan fingerprint density at radius 3 is 2.41 bits per heavy atom. The maximum atomic E-state index is 12.7. The van der Waals surface area contributed by atoms with E-state index in [1.54, 1.807) is 0 Å². The Morgan fingerprint density at radius 2 is 1.71 bits per heavy atom. The number of hydrogen-bond acceptors (Lipinski definition) is 6. The molecule has 3 aromatic rings. The van der Waals surface area contributed by atoms with Gasteiger partial charge >= 0.3 is 0 Å². The fourth-order valence-electron chi connectivity index (χ4n) is 4.33. The van der Waals surface area contributed by atoms with Crippen molar-refractivity contribution in [2.24, 2.45) is 0 Å². The number of para-hydroxylation sites is 1. The number of anilines is 2. The number of hydrogen-bond donors (Lipinski definition) is 3. The summed E-state index contributed by atoms with van der Waals surface area (Å²) in [7, 11) is 0. The van der Waals surface area contributed by atoms with Crippen molar-refractivity contribution in [2.75, 3.05) is 10.6 Å². The van der Waals surface area contributed by atoms with Crippen LogP contribution in [0.3, 0.4) is 0 Å². The van der Waals surface area contributed by atoms with Gasteiger partial charge in [0.2, 0.25) is 0 Å². The van der Waals surface area contributed by atoms with Gasteiger partial charge in [-0.2, -0.15) is 0 Å². The van der Waals surface area contributed by atoms with Crippen LogP contribution < -0.4 is 16.0 Å². The smallest absolute Gasteiger partial charge is 0.255 e. The quantitative estimate of drug-likeness (QED) is 0.539. The molecule has 2 unspecified atom stereocenters. The van der Waals surface area contributed by atoms with Crippen molar-refractivity contribution in [2.45, 2.75) is 44.9 Å². The van der Waals surface area contributed by atoms with Gasteiger partial charge in [0.15, 0.2) is 5.82 Å². The highest BCUT2D eigenvalue weighted by atomic mass is 16.2. The lowest BCUT2D eigenvalue weighted by Gasteiger charge is -2.38. The number of fused-ring (bicyclic) bond motifs is 1. The van der Waals surface area contributed by atoms with Crippen LogP contribution in [0.1, 0.15) is 55.5 Å². The van der Waals surface area contributed by atoms with E-state index in [-0.39, 0.29) is 17.5 Å². The number of nitrogens with zero attached hydrogens (tertiary/aromatic N) is 4. The van der Waals surface area contributed by atoms with Crippen molar-refractivity contribution < 1.29 is 4.79 Å². The predicted molar refractivity (Wildman–Crippen MR) is 131 cm³/mol. The maximum absolute atomic E-state index is 12.7. The van der Waals surface area contributed by atoms with Gasteiger partial charge < -0.3 is 16.0 Å². The van der Waals surface area contributed by atoms with Gasteiger partial charge in [0.05, 0.1) is 17.1 Å². The average Bonchev–Trinajstić information content (AvgIpc) is 3.50. The second-order valence-corrected chi connectivity index (χ2v) is 9.74. The molecule has 3 N–H and O–H groups in total. The van der Waals surface area contributed by atoms with Crippen LogP contribution in [0.5, 0.6) is 0 Å². The lowest BCUT2D eigenvalue weighted by molar-refractivity contribution is 0.0906. The first kappa shape index (κ1) is 22.4. The molecule has 8 nitrogen and oxygen atoms in total. The van der Waals surface area contributed by atoms with Crippen LogP contribution in [0.15, 0.2) is 48.5 Å². The van der Waals surface area contributed by atoms with Crippen molar-refractivity contribution in [3.8, 4) is 0 Å². The number of benzene rings is 2. The summed E-state index contributed by atoms with van der Waals surface area (Å²) in [5.41, 5.74) is 2.36. The Bertz CT molecular complexity index is 1170. The summed E-state index contributed by atoms with van der Waals surface area (Å²) >= 11 is 0. The molecule has 173 valence electrons. The fourth-order valence-corrected chi connectivity index (χ4v) is 4.33. The Labute approximate surface area is 200 Å². The third kappa shape index (κ3) is 4.13. The summed E-state index contributed by atoms with van der Waals surface area (Å²) in [5.74, 6) is 1.73. The van der Waals surface area contributed by atoms with E-state index in [9.17, 15) is 4.79 Å². The monoisotopic (exact) mass is 454 g/mol. The van der Waals surface area contributed by atoms with Crippen molar-refractivity contribution in [1.29, 1.82) is 0 Å². The number of nitrogens with one attached hydrogen (secondary N) is 3. The van der Waals surface area contributed by atoms with E-state index in [1.165, 1.54) is 0 Å². The standard InChI is InChI=1S/C26H28N7O/c1-25(2,3)33-23(30-31-32-33)22(17-9-5-6-10-17)27-19-15-13-18(14-16-19)26(4)28-21-12-8-7-11-20(21)24(34)29-26/h5-16,22,27-28H,1-4H3,(H,29,34). The molecule has 5 radical (unpaired) electrons. The summed E-state index contributed by atoms with van der Waals surface area (Å²) in [5, 5.41) is 22.7. The first-order valence-corrected chi connectivity index (χ1v) is 11.3. The van der Waals surface area contributed by atoms with E-state index in [4.69, 9.17) is 0 Å². The molecule has 1 aliphatic carbocycles. The number of aromatic nitrogens is 4. The molecule has 2 aliphatic rings. The zero-order chi connectivity index (χ0) is 23.9. The Hall–Kier alpha value is -3.42. The van der Waals surface area contributed by atoms with Gasteiger partial charge in [-0.05, 0) is 93.6 Å². The predicted octanol–water partition coefficient (Wildman–Crippen LogP) is 4.01. The second-order valence-electron chi connectivity index (χ2n) is 9.74. The number of rotatable bonds is 5. The summed E-state index contributed by atoms with van der Waals surface area (Å²) < 4.78 is 1.85. The summed E-state index contributed by atoms with van der Waals surface area (Å²) in [6.45, 7) is 8.20. The molecular weight excluding hydrogens is 426 g/mol. The molecule has 1 aromatic heterocycles. The van der Waals surface area contributed by atoms with Gasteiger partial charge in [-0.25, -0.2) is 4.68 Å². The summed E-state index contributed by atoms with van der Waals surface area (Å²) in [4.78, 5) is 12.7. The van der Waals surface area contributed by atoms with E-state index in [0.29, 0.717) is 5.56 Å². The fraction of sp³-hybridized carbons (Fsp3) is 0.269. The third-order valence-electron chi connectivity index (χ3n) is 6.10. The molecule has 1 amide bonds. The molecule has 1 aliphatic heterocycles. The van der Waals surface area contributed by atoms with Gasteiger partial charge in [-0.1, -0.05) is 24.3 Å². The van der Waals surface area contributed by atoms with Gasteiger partial charge in [-0.15, -0.1) is 5.10 Å². The minimum absolute atomic E-state index is 0.0932. The van der Waals surface area contributed by atoms with E-state index in [1.807, 2.05) is 73.0 Å². The van der Waals surface area contributed by atoms with Crippen LogP contribution in [0.25, 0.3) is 0 Å². The first-order chi connectivity index (χ1) is 16.2. The Morgan fingerprint density at radius 1 is 1.00 bits per heavy atom. The Balaban J connectivity index is 1.40. The number of amides is 1. The van der Waals surface area contributed by atoms with Crippen LogP contribution in [0.2, 0.25) is 0 Å². The highest BCUT2D eigenvalue weighted by molar-refractivity contribution is 6.02. The maximum Gasteiger partial charge on any atom is 0.255 e. The lowest BCUT2D eigenvalue weighted by Crippen LogP contribution is -2.52. The van der Waals surface area contributed by atoms with Crippen molar-refractivity contribution >= 4 is 17.3 Å². The van der Waals surface area contributed by atoms with E-state index in [0.717, 1.165) is 28.7 Å². The van der Waals surface area contributed by atoms with Crippen molar-refractivity contribution in [1.82, 2.24) is 25.5 Å². The van der Waals surface area contributed by atoms with Crippen molar-refractivity contribution in [3.05, 3.63) is 97.1 Å². The molecule has 0 saturated heterocycles. The number of tetrazole rings is 1. The zero-order valence-corrected chi connectivity index (χ0v) is 19.7. The number of carbonyl (C=O) groups is 1. The molecule has 34 heavy (non-hydrogen) atoms. The van der Waals surface area contributed by atoms with Crippen LogP contribution >= 0.6 is 0 Å². The lowest BCUT2D eigenvalue weighted by atomic mass is 9.94. The van der Waals surface area contributed by atoms with Crippen LogP contribution in [0, 0.1) is 31.6 Å². The van der Waals surface area contributed by atoms with Crippen molar-refractivity contribution in [3.63, 3.8) is 0 Å². The number of carbonyl (C=O) groups excluding carboxylic acids is 1. The largest absolute Gasteiger partial charge is 0.375 e. The average molecular weight is 455 g/mol. The minimum atomic E-state index is -0.717. The molecule has 0 spiro atoms. The van der Waals surface area contributed by atoms with Crippen LogP contribution in [-0.2, 0) is 11.2 Å². The molecule has 1 saturated carbocycles. The summed E-state index contributed by atoms with van der Waals surface area (Å²) in [6.07, 6.45) is 8.14. The molecule has 2 heterocycles. The molecule has 0 bridgehead atoms. The molecule has 5 rings (SSSR count). The topological polar surface area (TPSA) is 96.8 Å². The molecule has 8 heteroatoms. The molecular formula is C26H28N7O. The minimum Gasteiger partial charge on any atom is -0.375 e. The van der Waals surface area contributed by atoms with E-state index >= 15 is 0 Å². The van der Waals surface area contributed by atoms with E-state index in [2.05, 4.69) is 65.1 Å². The SMILES string of the molecule is CC1(c2ccc(NC([C]3[CH][CH][CH][CH]3)c3nnnn3C(C)(C)C)cc2)NC(=O)c2ccccc2N1. The highest BCUT2D eigenvalue weighted by Gasteiger charge is 2.36. The molecule has 2 aromatic carbocycles. The van der Waals surface area contributed by atoms with Gasteiger partial charge in [0.25, 0.3) is 5.91 Å². The Kier molecular flexibility index (Phi) is 5.54. The van der Waals surface area contributed by atoms with Crippen LogP contribution in [0.4, 0.5) is 11.4 Å². The van der Waals surface area contributed by atoms with E-state index < -0.39 is 5.66 Å². The van der Waals surface area contributed by atoms with Gasteiger partial charge in [0, 0.05) is 17.3 Å². The highest BCUT2D eigenvalue weighted by Crippen LogP contribution is 2.38. The summed E-state index contributed by atoms with van der Waals surface area (Å²) in [6, 6.07) is 15.4. The second kappa shape index (κ2) is 8.42.